The zero-order chi connectivity index (χ0) is 17.3. The largest absolute Gasteiger partial charge is 0.349 e. The van der Waals surface area contributed by atoms with Crippen molar-refractivity contribution in [2.24, 2.45) is 0 Å². The van der Waals surface area contributed by atoms with Crippen LogP contribution >= 0.6 is 0 Å². The number of carbonyl (C=O) groups is 1. The molecular weight excluding hydrogens is 306 g/mol. The Kier molecular flexibility index (Phi) is 4.24. The molecule has 0 aliphatic carbocycles. The maximum absolute atomic E-state index is 12.2. The summed E-state index contributed by atoms with van der Waals surface area (Å²) in [6.45, 7) is 6.26. The topological polar surface area (TPSA) is 95.6 Å². The molecular formula is C17H21N5O2. The molecule has 0 radical (unpaired) electrons. The molecule has 0 fully saturated rings. The average molecular weight is 327 g/mol. The third-order valence-corrected chi connectivity index (χ3v) is 4.06. The number of H-pyrrole nitrogens is 2. The third-order valence-electron chi connectivity index (χ3n) is 4.06. The molecule has 24 heavy (non-hydrogen) atoms. The SMILES string of the molecule is Cc1[nH][nH]c(=O)c1CC(=O)NCc1nc2ccccc2n1C(C)C. The van der Waals surface area contributed by atoms with E-state index in [1.54, 1.807) is 6.92 Å². The number of carbonyl (C=O) groups excluding carboxylic acids is 1. The number of aromatic nitrogens is 4. The normalized spacial score (nSPS) is 11.3. The lowest BCUT2D eigenvalue weighted by atomic mass is 10.2. The Morgan fingerprint density at radius 1 is 1.29 bits per heavy atom. The van der Waals surface area contributed by atoms with Crippen LogP contribution in [0.2, 0.25) is 0 Å². The quantitative estimate of drug-likeness (QED) is 0.667. The van der Waals surface area contributed by atoms with Gasteiger partial charge in [0.15, 0.2) is 0 Å². The van der Waals surface area contributed by atoms with Crippen LogP contribution in [-0.2, 0) is 17.8 Å². The highest BCUT2D eigenvalue weighted by atomic mass is 16.2. The van der Waals surface area contributed by atoms with Crippen molar-refractivity contribution in [2.45, 2.75) is 39.8 Å². The molecule has 3 aromatic rings. The molecule has 0 aliphatic rings. The Labute approximate surface area is 139 Å². The summed E-state index contributed by atoms with van der Waals surface area (Å²) in [6, 6.07) is 8.15. The van der Waals surface area contributed by atoms with Crippen LogP contribution in [0.4, 0.5) is 0 Å². The van der Waals surface area contributed by atoms with Crippen molar-refractivity contribution < 1.29 is 4.79 Å². The fraction of sp³-hybridized carbons (Fsp3) is 0.353. The first kappa shape index (κ1) is 16.0. The average Bonchev–Trinajstić information content (AvgIpc) is 3.07. The van der Waals surface area contributed by atoms with Gasteiger partial charge in [-0.05, 0) is 32.9 Å². The molecule has 0 spiro atoms. The lowest BCUT2D eigenvalue weighted by molar-refractivity contribution is -0.120. The fourth-order valence-corrected chi connectivity index (χ4v) is 2.88. The molecule has 0 bridgehead atoms. The number of nitrogens with zero attached hydrogens (tertiary/aromatic N) is 2. The summed E-state index contributed by atoms with van der Waals surface area (Å²) in [6.07, 6.45) is 0.0482. The van der Waals surface area contributed by atoms with E-state index in [0.717, 1.165) is 16.9 Å². The summed E-state index contributed by atoms with van der Waals surface area (Å²) in [7, 11) is 0. The van der Waals surface area contributed by atoms with E-state index in [2.05, 4.69) is 38.9 Å². The van der Waals surface area contributed by atoms with E-state index in [1.165, 1.54) is 0 Å². The second-order valence-corrected chi connectivity index (χ2v) is 6.12. The van der Waals surface area contributed by atoms with Gasteiger partial charge in [0.1, 0.15) is 5.82 Å². The summed E-state index contributed by atoms with van der Waals surface area (Å²) >= 11 is 0. The number of imidazole rings is 1. The van der Waals surface area contributed by atoms with Gasteiger partial charge in [0, 0.05) is 17.3 Å². The van der Waals surface area contributed by atoms with Crippen molar-refractivity contribution in [3.8, 4) is 0 Å². The first-order chi connectivity index (χ1) is 11.5. The van der Waals surface area contributed by atoms with Crippen molar-refractivity contribution in [1.29, 1.82) is 0 Å². The molecule has 0 atom stereocenters. The zero-order valence-electron chi connectivity index (χ0n) is 14.0. The van der Waals surface area contributed by atoms with Crippen molar-refractivity contribution in [3.05, 3.63) is 51.7 Å². The third kappa shape index (κ3) is 2.97. The van der Waals surface area contributed by atoms with Crippen LogP contribution < -0.4 is 10.9 Å². The monoisotopic (exact) mass is 327 g/mol. The molecule has 2 heterocycles. The number of aryl methyl sites for hydroxylation is 1. The first-order valence-corrected chi connectivity index (χ1v) is 7.96. The number of para-hydroxylation sites is 2. The van der Waals surface area contributed by atoms with Gasteiger partial charge in [0.05, 0.1) is 24.0 Å². The highest BCUT2D eigenvalue weighted by Crippen LogP contribution is 2.20. The molecule has 2 aromatic heterocycles. The molecule has 126 valence electrons. The van der Waals surface area contributed by atoms with Crippen molar-refractivity contribution in [2.75, 3.05) is 0 Å². The Morgan fingerprint density at radius 2 is 2.04 bits per heavy atom. The van der Waals surface area contributed by atoms with Gasteiger partial charge in [0.25, 0.3) is 5.56 Å². The van der Waals surface area contributed by atoms with Crippen LogP contribution in [-0.4, -0.2) is 25.7 Å². The van der Waals surface area contributed by atoms with E-state index < -0.39 is 0 Å². The number of aromatic amines is 2. The van der Waals surface area contributed by atoms with Gasteiger partial charge < -0.3 is 15.0 Å². The summed E-state index contributed by atoms with van der Waals surface area (Å²) in [4.78, 5) is 28.4. The minimum Gasteiger partial charge on any atom is -0.349 e. The van der Waals surface area contributed by atoms with E-state index in [4.69, 9.17) is 0 Å². The standard InChI is InChI=1S/C17H21N5O2/c1-10(2)22-14-7-5-4-6-13(14)19-15(22)9-18-16(23)8-12-11(3)20-21-17(12)24/h4-7,10H,8-9H2,1-3H3,(H,18,23)(H2,20,21,24). The predicted molar refractivity (Wildman–Crippen MR) is 91.8 cm³/mol. The van der Waals surface area contributed by atoms with E-state index in [0.29, 0.717) is 17.8 Å². The maximum atomic E-state index is 12.2. The van der Waals surface area contributed by atoms with Gasteiger partial charge in [-0.3, -0.25) is 14.7 Å². The summed E-state index contributed by atoms with van der Waals surface area (Å²) < 4.78 is 2.12. The highest BCUT2D eigenvalue weighted by molar-refractivity contribution is 5.79. The van der Waals surface area contributed by atoms with Crippen LogP contribution in [0.25, 0.3) is 11.0 Å². The van der Waals surface area contributed by atoms with Crippen LogP contribution in [0.5, 0.6) is 0 Å². The van der Waals surface area contributed by atoms with Gasteiger partial charge in [-0.2, -0.15) is 0 Å². The van der Waals surface area contributed by atoms with E-state index in [9.17, 15) is 9.59 Å². The highest BCUT2D eigenvalue weighted by Gasteiger charge is 2.15. The van der Waals surface area contributed by atoms with Crippen molar-refractivity contribution in [1.82, 2.24) is 25.1 Å². The molecule has 0 saturated carbocycles. The lowest BCUT2D eigenvalue weighted by Gasteiger charge is -2.13. The maximum Gasteiger partial charge on any atom is 0.267 e. The van der Waals surface area contributed by atoms with Crippen molar-refractivity contribution >= 4 is 16.9 Å². The fourth-order valence-electron chi connectivity index (χ4n) is 2.88. The van der Waals surface area contributed by atoms with Crippen molar-refractivity contribution in [3.63, 3.8) is 0 Å². The second-order valence-electron chi connectivity index (χ2n) is 6.12. The Bertz CT molecular complexity index is 932. The van der Waals surface area contributed by atoms with Gasteiger partial charge in [-0.1, -0.05) is 12.1 Å². The van der Waals surface area contributed by atoms with Crippen LogP contribution in [0.3, 0.4) is 0 Å². The molecule has 0 unspecified atom stereocenters. The number of nitrogens with one attached hydrogen (secondary N) is 3. The van der Waals surface area contributed by atoms with E-state index in [1.807, 2.05) is 24.3 Å². The number of hydrogen-bond acceptors (Lipinski definition) is 3. The summed E-state index contributed by atoms with van der Waals surface area (Å²) in [5.41, 5.74) is 2.86. The molecule has 7 nitrogen and oxygen atoms in total. The molecule has 3 N–H and O–H groups in total. The Hall–Kier alpha value is -2.83. The number of hydrogen-bond donors (Lipinski definition) is 3. The predicted octanol–water partition coefficient (Wildman–Crippen LogP) is 1.80. The van der Waals surface area contributed by atoms with Crippen LogP contribution in [0.15, 0.2) is 29.1 Å². The van der Waals surface area contributed by atoms with Crippen LogP contribution in [0.1, 0.15) is 37.0 Å². The Balaban J connectivity index is 1.77. The molecule has 1 aromatic carbocycles. The molecule has 0 aliphatic heterocycles. The number of rotatable bonds is 5. The summed E-state index contributed by atoms with van der Waals surface area (Å²) in [5, 5.41) is 8.06. The number of benzene rings is 1. The number of fused-ring (bicyclic) bond motifs is 1. The minimum atomic E-state index is -0.253. The van der Waals surface area contributed by atoms with Gasteiger partial charge in [-0.25, -0.2) is 4.98 Å². The molecule has 3 rings (SSSR count). The zero-order valence-corrected chi connectivity index (χ0v) is 14.0. The van der Waals surface area contributed by atoms with Crippen LogP contribution in [0, 0.1) is 6.92 Å². The second kappa shape index (κ2) is 6.35. The molecule has 0 saturated heterocycles. The summed E-state index contributed by atoms with van der Waals surface area (Å²) in [5.74, 6) is 0.602. The Morgan fingerprint density at radius 3 is 2.71 bits per heavy atom. The van der Waals surface area contributed by atoms with E-state index >= 15 is 0 Å². The smallest absolute Gasteiger partial charge is 0.267 e. The van der Waals surface area contributed by atoms with Gasteiger partial charge >= 0.3 is 0 Å². The van der Waals surface area contributed by atoms with E-state index in [-0.39, 0.29) is 23.9 Å². The molecule has 1 amide bonds. The molecule has 7 heteroatoms. The lowest BCUT2D eigenvalue weighted by Crippen LogP contribution is -2.28. The number of amides is 1. The van der Waals surface area contributed by atoms with Gasteiger partial charge in [-0.15, -0.1) is 0 Å². The minimum absolute atomic E-state index is 0.0482. The first-order valence-electron chi connectivity index (χ1n) is 7.96. The van der Waals surface area contributed by atoms with Gasteiger partial charge in [0.2, 0.25) is 5.91 Å².